The van der Waals surface area contributed by atoms with Crippen molar-refractivity contribution in [3.05, 3.63) is 24.3 Å². The topological polar surface area (TPSA) is 105 Å². The Labute approximate surface area is 118 Å². The third-order valence-corrected chi connectivity index (χ3v) is 4.06. The number of hydrogen-bond acceptors (Lipinski definition) is 5. The molecule has 0 aliphatic heterocycles. The summed E-state index contributed by atoms with van der Waals surface area (Å²) in [7, 11) is -2.30. The van der Waals surface area contributed by atoms with Gasteiger partial charge in [-0.15, -0.1) is 0 Å². The number of carbonyl (C=O) groups excluding carboxylic acids is 1. The van der Waals surface area contributed by atoms with E-state index in [0.717, 1.165) is 0 Å². The zero-order valence-electron chi connectivity index (χ0n) is 11.3. The molecule has 0 radical (unpaired) electrons. The Hall–Kier alpha value is -1.64. The van der Waals surface area contributed by atoms with Gasteiger partial charge in [0.05, 0.1) is 24.7 Å². The summed E-state index contributed by atoms with van der Waals surface area (Å²) in [6.45, 7) is 1.30. The van der Waals surface area contributed by atoms with Crippen LogP contribution < -0.4 is 14.8 Å². The van der Waals surface area contributed by atoms with E-state index >= 15 is 0 Å². The second-order valence-electron chi connectivity index (χ2n) is 4.03. The Bertz CT molecular complexity index is 541. The first kappa shape index (κ1) is 16.4. The summed E-state index contributed by atoms with van der Waals surface area (Å²) in [5.74, 6) is 0.0359. The number of sulfonamides is 1. The molecule has 0 fully saturated rings. The zero-order chi connectivity index (χ0) is 15.2. The van der Waals surface area contributed by atoms with Crippen LogP contribution in [-0.4, -0.2) is 45.7 Å². The molecule has 1 unspecified atom stereocenters. The van der Waals surface area contributed by atoms with Crippen molar-refractivity contribution in [2.24, 2.45) is 0 Å². The van der Waals surface area contributed by atoms with Gasteiger partial charge in [-0.05, 0) is 31.2 Å². The molecule has 7 nitrogen and oxygen atoms in total. The Morgan fingerprint density at radius 1 is 1.35 bits per heavy atom. The van der Waals surface area contributed by atoms with Crippen LogP contribution >= 0.6 is 0 Å². The minimum Gasteiger partial charge on any atom is -0.497 e. The number of rotatable bonds is 7. The molecular weight excluding hydrogens is 284 g/mol. The van der Waals surface area contributed by atoms with Crippen LogP contribution in [0.25, 0.3) is 0 Å². The molecule has 0 aromatic heterocycles. The molecule has 0 aliphatic rings. The molecule has 0 spiro atoms. The van der Waals surface area contributed by atoms with E-state index < -0.39 is 22.0 Å². The van der Waals surface area contributed by atoms with Crippen molar-refractivity contribution in [1.29, 1.82) is 0 Å². The number of ether oxygens (including phenoxy) is 1. The standard InChI is InChI=1S/C12H18N2O5S/c1-9(12(16)13-7-8-15)14-20(17,18)11-5-3-10(19-2)4-6-11/h3-6,9,14-15H,7-8H2,1-2H3,(H,13,16). The molecule has 1 aromatic rings. The number of amides is 1. The normalized spacial score (nSPS) is 12.8. The summed E-state index contributed by atoms with van der Waals surface area (Å²) in [5.41, 5.74) is 0. The molecule has 1 rings (SSSR count). The van der Waals surface area contributed by atoms with Gasteiger partial charge in [0.25, 0.3) is 0 Å². The molecular formula is C12H18N2O5S. The SMILES string of the molecule is COc1ccc(S(=O)(=O)NC(C)C(=O)NCCO)cc1. The number of methoxy groups -OCH3 is 1. The molecule has 1 atom stereocenters. The smallest absolute Gasteiger partial charge is 0.241 e. The number of hydrogen-bond donors (Lipinski definition) is 3. The minimum absolute atomic E-state index is 0.0418. The lowest BCUT2D eigenvalue weighted by molar-refractivity contribution is -0.122. The molecule has 0 aliphatic carbocycles. The average Bonchev–Trinajstić information content (AvgIpc) is 2.44. The molecule has 20 heavy (non-hydrogen) atoms. The largest absolute Gasteiger partial charge is 0.497 e. The summed E-state index contributed by atoms with van der Waals surface area (Å²) in [6.07, 6.45) is 0. The van der Waals surface area contributed by atoms with Crippen molar-refractivity contribution in [3.63, 3.8) is 0 Å². The van der Waals surface area contributed by atoms with Crippen LogP contribution in [0.3, 0.4) is 0 Å². The second kappa shape index (κ2) is 7.22. The van der Waals surface area contributed by atoms with Gasteiger partial charge in [-0.2, -0.15) is 4.72 Å². The van der Waals surface area contributed by atoms with Crippen LogP contribution in [0.1, 0.15) is 6.92 Å². The van der Waals surface area contributed by atoms with E-state index in [1.165, 1.54) is 38.3 Å². The summed E-state index contributed by atoms with van der Waals surface area (Å²) < 4.78 is 31.3. The van der Waals surface area contributed by atoms with Gasteiger partial charge in [-0.3, -0.25) is 4.79 Å². The number of aliphatic hydroxyl groups excluding tert-OH is 1. The highest BCUT2D eigenvalue weighted by atomic mass is 32.2. The molecule has 1 amide bonds. The monoisotopic (exact) mass is 302 g/mol. The van der Waals surface area contributed by atoms with Crippen LogP contribution in [-0.2, 0) is 14.8 Å². The van der Waals surface area contributed by atoms with E-state index in [9.17, 15) is 13.2 Å². The molecule has 0 bridgehead atoms. The number of carbonyl (C=O) groups is 1. The minimum atomic E-state index is -3.78. The predicted octanol–water partition coefficient (Wildman–Crippen LogP) is -0.529. The van der Waals surface area contributed by atoms with Crippen molar-refractivity contribution in [2.75, 3.05) is 20.3 Å². The average molecular weight is 302 g/mol. The lowest BCUT2D eigenvalue weighted by Crippen LogP contribution is -2.45. The molecule has 0 heterocycles. The summed E-state index contributed by atoms with van der Waals surface area (Å²) >= 11 is 0. The summed E-state index contributed by atoms with van der Waals surface area (Å²) in [4.78, 5) is 11.6. The molecule has 3 N–H and O–H groups in total. The van der Waals surface area contributed by atoms with Crippen LogP contribution in [0, 0.1) is 0 Å². The number of benzene rings is 1. The highest BCUT2D eigenvalue weighted by Crippen LogP contribution is 2.15. The third kappa shape index (κ3) is 4.48. The fraction of sp³-hybridized carbons (Fsp3) is 0.417. The molecule has 112 valence electrons. The van der Waals surface area contributed by atoms with E-state index in [4.69, 9.17) is 9.84 Å². The maximum Gasteiger partial charge on any atom is 0.241 e. The molecule has 0 saturated heterocycles. The molecule has 0 saturated carbocycles. The predicted molar refractivity (Wildman–Crippen MR) is 72.9 cm³/mol. The lowest BCUT2D eigenvalue weighted by Gasteiger charge is -2.14. The van der Waals surface area contributed by atoms with Crippen molar-refractivity contribution in [1.82, 2.24) is 10.0 Å². The van der Waals surface area contributed by atoms with Crippen LogP contribution in [0.15, 0.2) is 29.2 Å². The van der Waals surface area contributed by atoms with Crippen LogP contribution in [0.2, 0.25) is 0 Å². The van der Waals surface area contributed by atoms with Gasteiger partial charge in [0.15, 0.2) is 0 Å². The first-order valence-electron chi connectivity index (χ1n) is 5.95. The van der Waals surface area contributed by atoms with E-state index in [2.05, 4.69) is 10.0 Å². The highest BCUT2D eigenvalue weighted by Gasteiger charge is 2.21. The lowest BCUT2D eigenvalue weighted by atomic mass is 10.3. The zero-order valence-corrected chi connectivity index (χ0v) is 12.1. The fourth-order valence-corrected chi connectivity index (χ4v) is 2.64. The van der Waals surface area contributed by atoms with Gasteiger partial charge in [0.2, 0.25) is 15.9 Å². The fourth-order valence-electron chi connectivity index (χ4n) is 1.44. The first-order valence-corrected chi connectivity index (χ1v) is 7.44. The van der Waals surface area contributed by atoms with Crippen molar-refractivity contribution in [3.8, 4) is 5.75 Å². The maximum atomic E-state index is 12.0. The van der Waals surface area contributed by atoms with Gasteiger partial charge in [-0.1, -0.05) is 0 Å². The molecule has 1 aromatic carbocycles. The quantitative estimate of drug-likeness (QED) is 0.628. The highest BCUT2D eigenvalue weighted by molar-refractivity contribution is 7.89. The van der Waals surface area contributed by atoms with Gasteiger partial charge in [0.1, 0.15) is 5.75 Å². The Kier molecular flexibility index (Phi) is 5.93. The number of nitrogens with one attached hydrogen (secondary N) is 2. The Balaban J connectivity index is 2.75. The van der Waals surface area contributed by atoms with Gasteiger partial charge < -0.3 is 15.2 Å². The first-order chi connectivity index (χ1) is 9.40. The van der Waals surface area contributed by atoms with E-state index in [-0.39, 0.29) is 18.0 Å². The van der Waals surface area contributed by atoms with E-state index in [0.29, 0.717) is 5.75 Å². The van der Waals surface area contributed by atoms with Crippen molar-refractivity contribution < 1.29 is 23.1 Å². The Morgan fingerprint density at radius 3 is 2.45 bits per heavy atom. The van der Waals surface area contributed by atoms with Gasteiger partial charge >= 0.3 is 0 Å². The second-order valence-corrected chi connectivity index (χ2v) is 5.75. The van der Waals surface area contributed by atoms with Gasteiger partial charge in [0, 0.05) is 6.54 Å². The van der Waals surface area contributed by atoms with Crippen LogP contribution in [0.5, 0.6) is 5.75 Å². The van der Waals surface area contributed by atoms with Crippen LogP contribution in [0.4, 0.5) is 0 Å². The van der Waals surface area contributed by atoms with E-state index in [1.54, 1.807) is 0 Å². The number of aliphatic hydroxyl groups is 1. The summed E-state index contributed by atoms with van der Waals surface area (Å²) in [5, 5.41) is 11.0. The van der Waals surface area contributed by atoms with Crippen molar-refractivity contribution in [2.45, 2.75) is 17.9 Å². The van der Waals surface area contributed by atoms with Gasteiger partial charge in [-0.25, -0.2) is 8.42 Å². The third-order valence-electron chi connectivity index (χ3n) is 2.51. The van der Waals surface area contributed by atoms with E-state index in [1.807, 2.05) is 0 Å². The van der Waals surface area contributed by atoms with Crippen molar-refractivity contribution >= 4 is 15.9 Å². The maximum absolute atomic E-state index is 12.0. The molecule has 8 heteroatoms. The summed E-state index contributed by atoms with van der Waals surface area (Å²) in [6, 6.07) is 4.88. The Morgan fingerprint density at radius 2 is 1.95 bits per heavy atom.